The number of anilines is 1. The van der Waals surface area contributed by atoms with Crippen LogP contribution in [0.25, 0.3) is 0 Å². The number of ether oxygens (including phenoxy) is 2. The summed E-state index contributed by atoms with van der Waals surface area (Å²) in [7, 11) is 0. The zero-order valence-corrected chi connectivity index (χ0v) is 14.9. The number of carboxylic acids is 1. The van der Waals surface area contributed by atoms with Gasteiger partial charge in [-0.15, -0.1) is 0 Å². The number of benzene rings is 2. The lowest BCUT2D eigenvalue weighted by molar-refractivity contribution is -0.0509. The van der Waals surface area contributed by atoms with Crippen molar-refractivity contribution in [3.8, 4) is 11.5 Å². The van der Waals surface area contributed by atoms with E-state index in [4.69, 9.17) is 14.6 Å². The van der Waals surface area contributed by atoms with Crippen LogP contribution in [-0.2, 0) is 4.74 Å². The summed E-state index contributed by atoms with van der Waals surface area (Å²) >= 11 is 0. The third-order valence-corrected chi connectivity index (χ3v) is 4.07. The third-order valence-electron chi connectivity index (χ3n) is 4.07. The molecule has 0 bridgehead atoms. The molecule has 0 aromatic heterocycles. The second kappa shape index (κ2) is 7.51. The van der Waals surface area contributed by atoms with Gasteiger partial charge in [-0.25, -0.2) is 4.79 Å². The van der Waals surface area contributed by atoms with Crippen LogP contribution in [0.1, 0.15) is 33.2 Å². The number of Topliss-reactive ketones (excluding diaryl/α,β-unsaturated/α-hetero) is 1. The van der Waals surface area contributed by atoms with Crippen molar-refractivity contribution < 1.29 is 29.3 Å². The Hall–Kier alpha value is -3.32. The number of ketones is 1. The summed E-state index contributed by atoms with van der Waals surface area (Å²) in [4.78, 5) is 24.0. The van der Waals surface area contributed by atoms with Gasteiger partial charge in [0, 0.05) is 18.5 Å². The van der Waals surface area contributed by atoms with Gasteiger partial charge in [0.25, 0.3) is 0 Å². The van der Waals surface area contributed by atoms with Crippen molar-refractivity contribution >= 4 is 17.4 Å². The monoisotopic (exact) mass is 369 g/mol. The Morgan fingerprint density at radius 1 is 1.30 bits per heavy atom. The summed E-state index contributed by atoms with van der Waals surface area (Å²) in [6, 6.07) is 9.38. The van der Waals surface area contributed by atoms with E-state index in [0.717, 1.165) is 5.56 Å². The average Bonchev–Trinajstić information content (AvgIpc) is 2.63. The van der Waals surface area contributed by atoms with Crippen LogP contribution >= 0.6 is 0 Å². The van der Waals surface area contributed by atoms with Crippen LogP contribution in [0.15, 0.2) is 48.2 Å². The van der Waals surface area contributed by atoms with Gasteiger partial charge in [-0.1, -0.05) is 11.6 Å². The van der Waals surface area contributed by atoms with Crippen LogP contribution in [0, 0.1) is 6.92 Å². The number of carboxylic acid groups (broad SMARTS) is 1. The Morgan fingerprint density at radius 2 is 2.07 bits per heavy atom. The first-order valence-electron chi connectivity index (χ1n) is 8.37. The van der Waals surface area contributed by atoms with E-state index in [1.807, 2.05) is 13.0 Å². The van der Waals surface area contributed by atoms with Gasteiger partial charge in [-0.3, -0.25) is 4.79 Å². The van der Waals surface area contributed by atoms with Gasteiger partial charge in [0.15, 0.2) is 5.78 Å². The molecule has 2 aromatic rings. The molecule has 0 saturated heterocycles. The second-order valence-corrected chi connectivity index (χ2v) is 6.01. The van der Waals surface area contributed by atoms with Crippen molar-refractivity contribution in [2.75, 3.05) is 11.9 Å². The molecule has 1 aliphatic heterocycles. The number of rotatable bonds is 5. The number of nitrogens with one attached hydrogen (secondary N) is 1. The molecule has 1 heterocycles. The summed E-state index contributed by atoms with van der Waals surface area (Å²) in [6.07, 6.45) is 0.563. The number of aromatic hydroxyl groups is 1. The molecule has 1 unspecified atom stereocenters. The van der Waals surface area contributed by atoms with Crippen LogP contribution in [0.3, 0.4) is 0 Å². The van der Waals surface area contributed by atoms with Crippen LogP contribution in [0.5, 0.6) is 11.5 Å². The maximum atomic E-state index is 12.9. The van der Waals surface area contributed by atoms with E-state index in [0.29, 0.717) is 23.6 Å². The fraction of sp³-hybridized carbons (Fsp3) is 0.200. The first-order chi connectivity index (χ1) is 12.9. The van der Waals surface area contributed by atoms with E-state index in [1.54, 1.807) is 19.1 Å². The maximum Gasteiger partial charge on any atom is 0.339 e. The Kier molecular flexibility index (Phi) is 5.14. The molecule has 1 aliphatic rings. The first kappa shape index (κ1) is 18.5. The lowest BCUT2D eigenvalue weighted by atomic mass is 9.98. The highest BCUT2D eigenvalue weighted by Gasteiger charge is 2.32. The number of carbonyl (C=O) groups excluding carboxylic acids is 1. The van der Waals surface area contributed by atoms with Crippen molar-refractivity contribution in [2.24, 2.45) is 0 Å². The number of phenols is 1. The van der Waals surface area contributed by atoms with E-state index < -0.39 is 12.3 Å². The Labute approximate surface area is 155 Å². The molecule has 3 rings (SSSR count). The Bertz CT molecular complexity index is 934. The molecule has 0 fully saturated rings. The van der Waals surface area contributed by atoms with Gasteiger partial charge in [0.05, 0.1) is 11.1 Å². The normalized spacial score (nSPS) is 17.3. The summed E-state index contributed by atoms with van der Waals surface area (Å²) < 4.78 is 11.3. The second-order valence-electron chi connectivity index (χ2n) is 6.01. The lowest BCUT2D eigenvalue weighted by Gasteiger charge is -2.27. The van der Waals surface area contributed by atoms with Crippen molar-refractivity contribution in [3.63, 3.8) is 0 Å². The van der Waals surface area contributed by atoms with Gasteiger partial charge in [-0.05, 0) is 44.2 Å². The molecule has 2 aromatic carbocycles. The van der Waals surface area contributed by atoms with Crippen LogP contribution in [0.2, 0.25) is 0 Å². The number of carbonyl (C=O) groups is 2. The Balaban J connectivity index is 1.94. The molecule has 0 radical (unpaired) electrons. The minimum atomic E-state index is -1.25. The average molecular weight is 369 g/mol. The zero-order valence-electron chi connectivity index (χ0n) is 14.9. The van der Waals surface area contributed by atoms with Crippen LogP contribution in [-0.4, -0.2) is 34.9 Å². The topological polar surface area (TPSA) is 105 Å². The minimum absolute atomic E-state index is 0.233. The molecule has 3 N–H and O–H groups in total. The highest BCUT2D eigenvalue weighted by atomic mass is 16.7. The van der Waals surface area contributed by atoms with Crippen molar-refractivity contribution in [1.82, 2.24) is 0 Å². The van der Waals surface area contributed by atoms with Gasteiger partial charge in [0.1, 0.15) is 17.1 Å². The molecular weight excluding hydrogens is 350 g/mol. The predicted molar refractivity (Wildman–Crippen MR) is 98.3 cm³/mol. The molecule has 7 heteroatoms. The number of hydrogen-bond donors (Lipinski definition) is 3. The molecule has 140 valence electrons. The van der Waals surface area contributed by atoms with Crippen molar-refractivity contribution in [1.29, 1.82) is 0 Å². The SMILES string of the molecule is CCOC1Oc2ccc(C)cc2C(=O)C1=CNc1ccc(O)c(C(=O)O)c1. The van der Waals surface area contributed by atoms with Gasteiger partial charge < -0.3 is 25.0 Å². The van der Waals surface area contributed by atoms with E-state index in [1.165, 1.54) is 24.4 Å². The van der Waals surface area contributed by atoms with E-state index in [-0.39, 0.29) is 22.7 Å². The molecule has 1 atom stereocenters. The maximum absolute atomic E-state index is 12.9. The highest BCUT2D eigenvalue weighted by Crippen LogP contribution is 2.32. The molecule has 7 nitrogen and oxygen atoms in total. The molecular formula is C20H19NO6. The van der Waals surface area contributed by atoms with E-state index in [2.05, 4.69) is 5.32 Å². The summed E-state index contributed by atoms with van der Waals surface area (Å²) in [5.74, 6) is -1.37. The molecule has 0 aliphatic carbocycles. The largest absolute Gasteiger partial charge is 0.507 e. The number of fused-ring (bicyclic) bond motifs is 1. The number of aromatic carboxylic acids is 1. The Morgan fingerprint density at radius 3 is 2.78 bits per heavy atom. The fourth-order valence-corrected chi connectivity index (χ4v) is 2.73. The van der Waals surface area contributed by atoms with Crippen LogP contribution < -0.4 is 10.1 Å². The number of aryl methyl sites for hydroxylation is 1. The van der Waals surface area contributed by atoms with E-state index in [9.17, 15) is 14.7 Å². The van der Waals surface area contributed by atoms with Gasteiger partial charge in [-0.2, -0.15) is 0 Å². The highest BCUT2D eigenvalue weighted by molar-refractivity contribution is 6.12. The quantitative estimate of drug-likeness (QED) is 0.548. The van der Waals surface area contributed by atoms with Gasteiger partial charge in [0.2, 0.25) is 6.29 Å². The van der Waals surface area contributed by atoms with Crippen LogP contribution in [0.4, 0.5) is 5.69 Å². The standard InChI is InChI=1S/C20H19NO6/c1-3-26-20-15(18(23)14-8-11(2)4-7-17(14)27-20)10-21-12-5-6-16(22)13(9-12)19(24)25/h4-10,20-22H,3H2,1-2H3,(H,24,25). The van der Waals surface area contributed by atoms with Gasteiger partial charge >= 0.3 is 5.97 Å². The zero-order chi connectivity index (χ0) is 19.6. The third kappa shape index (κ3) is 3.78. The molecule has 0 saturated carbocycles. The smallest absolute Gasteiger partial charge is 0.339 e. The molecule has 27 heavy (non-hydrogen) atoms. The predicted octanol–water partition coefficient (Wildman–Crippen LogP) is 3.33. The van der Waals surface area contributed by atoms with E-state index >= 15 is 0 Å². The fourth-order valence-electron chi connectivity index (χ4n) is 2.73. The van der Waals surface area contributed by atoms with Crippen molar-refractivity contribution in [3.05, 3.63) is 64.9 Å². The molecule has 0 spiro atoms. The molecule has 0 amide bonds. The number of hydrogen-bond acceptors (Lipinski definition) is 6. The lowest BCUT2D eigenvalue weighted by Crippen LogP contribution is -2.33. The van der Waals surface area contributed by atoms with Crippen molar-refractivity contribution in [2.45, 2.75) is 20.1 Å². The summed E-state index contributed by atoms with van der Waals surface area (Å²) in [5.41, 5.74) is 1.79. The summed E-state index contributed by atoms with van der Waals surface area (Å²) in [6.45, 7) is 4.02. The first-order valence-corrected chi connectivity index (χ1v) is 8.37. The minimum Gasteiger partial charge on any atom is -0.507 e. The summed E-state index contributed by atoms with van der Waals surface area (Å²) in [5, 5.41) is 21.6.